The summed E-state index contributed by atoms with van der Waals surface area (Å²) in [6.45, 7) is 4.22. The monoisotopic (exact) mass is 332 g/mol. The van der Waals surface area contributed by atoms with E-state index in [-0.39, 0.29) is 0 Å². The van der Waals surface area contributed by atoms with E-state index in [9.17, 15) is 0 Å². The van der Waals surface area contributed by atoms with Gasteiger partial charge >= 0.3 is 0 Å². The predicted octanol–water partition coefficient (Wildman–Crippen LogP) is 3.80. The highest BCUT2D eigenvalue weighted by molar-refractivity contribution is 6.12. The summed E-state index contributed by atoms with van der Waals surface area (Å²) in [5, 5.41) is 16.8. The smallest absolute Gasteiger partial charge is 0.0764 e. The van der Waals surface area contributed by atoms with Gasteiger partial charge in [0, 0.05) is 40.8 Å². The largest absolute Gasteiger partial charge is 0.371 e. The number of fused-ring (bicyclic) bond motifs is 3. The molecule has 0 aliphatic carbocycles. The van der Waals surface area contributed by atoms with Gasteiger partial charge < -0.3 is 4.90 Å². The highest BCUT2D eigenvalue weighted by Crippen LogP contribution is 2.36. The van der Waals surface area contributed by atoms with Crippen LogP contribution in [-0.4, -0.2) is 38.5 Å². The Bertz CT molecular complexity index is 1050. The van der Waals surface area contributed by atoms with Crippen molar-refractivity contribution >= 4 is 27.5 Å². The molecule has 0 spiro atoms. The number of aromatic amines is 2. The lowest BCUT2D eigenvalue weighted by molar-refractivity contribution is 0.579. The zero-order valence-corrected chi connectivity index (χ0v) is 14.2. The first-order valence-electron chi connectivity index (χ1n) is 8.83. The molecule has 4 heterocycles. The molecule has 0 bridgehead atoms. The molecule has 1 fully saturated rings. The summed E-state index contributed by atoms with van der Waals surface area (Å²) in [6, 6.07) is 6.36. The number of hydrogen-bond donors (Lipinski definition) is 2. The molecule has 6 heteroatoms. The van der Waals surface area contributed by atoms with Crippen LogP contribution >= 0.6 is 0 Å². The quantitative estimate of drug-likeness (QED) is 0.585. The molecule has 1 aliphatic rings. The van der Waals surface area contributed by atoms with Gasteiger partial charge in [-0.3, -0.25) is 10.2 Å². The fourth-order valence-electron chi connectivity index (χ4n) is 3.86. The number of piperidine rings is 1. The molecule has 25 heavy (non-hydrogen) atoms. The van der Waals surface area contributed by atoms with Crippen LogP contribution in [0.2, 0.25) is 0 Å². The Balaban J connectivity index is 1.82. The molecule has 6 nitrogen and oxygen atoms in total. The van der Waals surface area contributed by atoms with Crippen LogP contribution in [0.5, 0.6) is 0 Å². The fourth-order valence-corrected chi connectivity index (χ4v) is 3.86. The van der Waals surface area contributed by atoms with Gasteiger partial charge in [0.1, 0.15) is 0 Å². The third kappa shape index (κ3) is 2.28. The van der Waals surface area contributed by atoms with Crippen LogP contribution in [-0.2, 0) is 0 Å². The maximum absolute atomic E-state index is 4.94. The van der Waals surface area contributed by atoms with Crippen molar-refractivity contribution in [1.29, 1.82) is 0 Å². The normalized spacial score (nSPS) is 15.3. The van der Waals surface area contributed by atoms with Crippen molar-refractivity contribution in [3.8, 4) is 11.3 Å². The Hall–Kier alpha value is -2.89. The Labute approximate surface area is 145 Å². The lowest BCUT2D eigenvalue weighted by atomic mass is 10.0. The van der Waals surface area contributed by atoms with Crippen LogP contribution in [0.1, 0.15) is 25.0 Å². The molecule has 0 atom stereocenters. The summed E-state index contributed by atoms with van der Waals surface area (Å²) in [7, 11) is 0. The molecule has 1 aliphatic heterocycles. The first-order chi connectivity index (χ1) is 12.3. The van der Waals surface area contributed by atoms with Crippen LogP contribution in [0.15, 0.2) is 30.6 Å². The van der Waals surface area contributed by atoms with Crippen LogP contribution in [0.3, 0.4) is 0 Å². The zero-order valence-electron chi connectivity index (χ0n) is 14.2. The van der Waals surface area contributed by atoms with Crippen molar-refractivity contribution in [2.45, 2.75) is 26.2 Å². The fraction of sp³-hybridized carbons (Fsp3) is 0.316. The minimum Gasteiger partial charge on any atom is -0.371 e. The van der Waals surface area contributed by atoms with Gasteiger partial charge in [0.2, 0.25) is 0 Å². The number of nitrogens with one attached hydrogen (secondary N) is 2. The minimum atomic E-state index is 0.974. The Morgan fingerprint density at radius 2 is 1.84 bits per heavy atom. The van der Waals surface area contributed by atoms with E-state index in [0.29, 0.717) is 0 Å². The standard InChI is InChI=1S/C19H20N6/c1-12-13(10-20-23-12)17-9-18(25-7-3-2-4-8-25)19-14-11-21-24-15(14)5-6-16(19)22-17/h5-6,9-11H,2-4,7-8H2,1H3,(H,20,23)(H,21,24). The molecule has 0 radical (unpaired) electrons. The Morgan fingerprint density at radius 3 is 2.64 bits per heavy atom. The molecule has 1 saturated heterocycles. The van der Waals surface area contributed by atoms with E-state index < -0.39 is 0 Å². The second-order valence-electron chi connectivity index (χ2n) is 6.77. The maximum Gasteiger partial charge on any atom is 0.0764 e. The van der Waals surface area contributed by atoms with Crippen molar-refractivity contribution in [2.24, 2.45) is 0 Å². The van der Waals surface area contributed by atoms with Crippen LogP contribution in [0.4, 0.5) is 5.69 Å². The molecule has 1 aromatic carbocycles. The van der Waals surface area contributed by atoms with Crippen LogP contribution in [0.25, 0.3) is 33.1 Å². The number of hydrogen-bond acceptors (Lipinski definition) is 4. The highest BCUT2D eigenvalue weighted by Gasteiger charge is 2.19. The molecular formula is C19H20N6. The number of aryl methyl sites for hydroxylation is 1. The number of nitrogens with zero attached hydrogens (tertiary/aromatic N) is 4. The van der Waals surface area contributed by atoms with E-state index in [1.54, 1.807) is 0 Å². The molecule has 4 aromatic rings. The number of benzene rings is 1. The number of aromatic nitrogens is 5. The molecule has 126 valence electrons. The summed E-state index contributed by atoms with van der Waals surface area (Å²) in [4.78, 5) is 7.43. The van der Waals surface area contributed by atoms with Gasteiger partial charge in [0.15, 0.2) is 0 Å². The lowest BCUT2D eigenvalue weighted by Crippen LogP contribution is -2.29. The van der Waals surface area contributed by atoms with Gasteiger partial charge in [-0.15, -0.1) is 0 Å². The average molecular weight is 332 g/mol. The van der Waals surface area contributed by atoms with E-state index in [4.69, 9.17) is 4.98 Å². The van der Waals surface area contributed by atoms with E-state index in [1.807, 2.05) is 19.3 Å². The van der Waals surface area contributed by atoms with Gasteiger partial charge in [0.25, 0.3) is 0 Å². The van der Waals surface area contributed by atoms with Crippen molar-refractivity contribution in [3.63, 3.8) is 0 Å². The molecule has 3 aromatic heterocycles. The summed E-state index contributed by atoms with van der Waals surface area (Å²) < 4.78 is 0. The Morgan fingerprint density at radius 1 is 1.00 bits per heavy atom. The third-order valence-electron chi connectivity index (χ3n) is 5.18. The van der Waals surface area contributed by atoms with E-state index in [1.165, 1.54) is 30.3 Å². The molecular weight excluding hydrogens is 312 g/mol. The molecule has 0 amide bonds. The van der Waals surface area contributed by atoms with Gasteiger partial charge in [-0.1, -0.05) is 0 Å². The first-order valence-corrected chi connectivity index (χ1v) is 8.83. The van der Waals surface area contributed by atoms with Gasteiger partial charge in [-0.25, -0.2) is 4.98 Å². The predicted molar refractivity (Wildman–Crippen MR) is 99.8 cm³/mol. The third-order valence-corrected chi connectivity index (χ3v) is 5.18. The Kier molecular flexibility index (Phi) is 3.23. The van der Waals surface area contributed by atoms with E-state index in [0.717, 1.165) is 46.5 Å². The van der Waals surface area contributed by atoms with Crippen LogP contribution < -0.4 is 4.90 Å². The van der Waals surface area contributed by atoms with Gasteiger partial charge in [-0.05, 0) is 44.4 Å². The topological polar surface area (TPSA) is 73.5 Å². The van der Waals surface area contributed by atoms with Gasteiger partial charge in [0.05, 0.1) is 29.1 Å². The highest BCUT2D eigenvalue weighted by atomic mass is 15.1. The van der Waals surface area contributed by atoms with E-state index in [2.05, 4.69) is 43.5 Å². The summed E-state index contributed by atoms with van der Waals surface area (Å²) in [5.74, 6) is 0. The summed E-state index contributed by atoms with van der Waals surface area (Å²) in [5.41, 5.74) is 6.40. The number of pyridine rings is 1. The van der Waals surface area contributed by atoms with E-state index >= 15 is 0 Å². The minimum absolute atomic E-state index is 0.974. The van der Waals surface area contributed by atoms with Crippen LogP contribution in [0, 0.1) is 6.92 Å². The summed E-state index contributed by atoms with van der Waals surface area (Å²) in [6.07, 6.45) is 7.57. The molecule has 0 saturated carbocycles. The lowest BCUT2D eigenvalue weighted by Gasteiger charge is -2.30. The number of H-pyrrole nitrogens is 2. The molecule has 2 N–H and O–H groups in total. The molecule has 5 rings (SSSR count). The molecule has 0 unspecified atom stereocenters. The van der Waals surface area contributed by atoms with Crippen molar-refractivity contribution < 1.29 is 0 Å². The maximum atomic E-state index is 4.94. The second-order valence-corrected chi connectivity index (χ2v) is 6.77. The number of rotatable bonds is 2. The first kappa shape index (κ1) is 14.5. The van der Waals surface area contributed by atoms with Crippen molar-refractivity contribution in [2.75, 3.05) is 18.0 Å². The number of anilines is 1. The SMILES string of the molecule is Cc1[nH]ncc1-c1cc(N2CCCCC2)c2c(ccc3[nH]ncc32)n1. The van der Waals surface area contributed by atoms with Crippen molar-refractivity contribution in [1.82, 2.24) is 25.4 Å². The second kappa shape index (κ2) is 5.58. The van der Waals surface area contributed by atoms with Gasteiger partial charge in [-0.2, -0.15) is 10.2 Å². The zero-order chi connectivity index (χ0) is 16.8. The van der Waals surface area contributed by atoms with Crippen molar-refractivity contribution in [3.05, 3.63) is 36.3 Å². The summed E-state index contributed by atoms with van der Waals surface area (Å²) >= 11 is 0. The average Bonchev–Trinajstić information content (AvgIpc) is 3.30.